The number of aryl methyl sites for hydroxylation is 1. The summed E-state index contributed by atoms with van der Waals surface area (Å²) in [6.07, 6.45) is 5.08. The van der Waals surface area contributed by atoms with Crippen LogP contribution < -0.4 is 5.32 Å². The Balaban J connectivity index is 1.71. The molecule has 0 radical (unpaired) electrons. The standard InChI is InChI=1S/C21H28N4O/c1-3-13-24(17-11-12-22-14-17)21(26)20-18-5-4-6-19(18)25(23-20)16-9-7-15(2)8-10-16/h7-10,17,22H,3-6,11-14H2,1-2H3. The summed E-state index contributed by atoms with van der Waals surface area (Å²) in [6, 6.07) is 8.70. The van der Waals surface area contributed by atoms with Crippen molar-refractivity contribution in [2.75, 3.05) is 19.6 Å². The van der Waals surface area contributed by atoms with Crippen LogP contribution in [0.25, 0.3) is 5.69 Å². The second kappa shape index (κ2) is 7.23. The second-order valence-electron chi connectivity index (χ2n) is 7.52. The number of benzene rings is 1. The van der Waals surface area contributed by atoms with Gasteiger partial charge in [-0.05, 0) is 57.7 Å². The fourth-order valence-corrected chi connectivity index (χ4v) is 4.24. The lowest BCUT2D eigenvalue weighted by Gasteiger charge is -2.27. The molecular weight excluding hydrogens is 324 g/mol. The zero-order valence-corrected chi connectivity index (χ0v) is 15.8. The van der Waals surface area contributed by atoms with E-state index in [1.165, 1.54) is 16.8 Å². The van der Waals surface area contributed by atoms with Crippen molar-refractivity contribution in [1.82, 2.24) is 20.0 Å². The highest BCUT2D eigenvalue weighted by Crippen LogP contribution is 2.29. The van der Waals surface area contributed by atoms with Crippen LogP contribution in [0.2, 0.25) is 0 Å². The van der Waals surface area contributed by atoms with Crippen LogP contribution in [0.1, 0.15) is 53.5 Å². The highest BCUT2D eigenvalue weighted by atomic mass is 16.2. The number of carbonyl (C=O) groups excluding carboxylic acids is 1. The number of rotatable bonds is 5. The Kier molecular flexibility index (Phi) is 4.81. The summed E-state index contributed by atoms with van der Waals surface area (Å²) in [5, 5.41) is 8.20. The van der Waals surface area contributed by atoms with Crippen molar-refractivity contribution >= 4 is 5.91 Å². The topological polar surface area (TPSA) is 50.2 Å². The Hall–Kier alpha value is -2.14. The molecule has 2 aliphatic rings. The summed E-state index contributed by atoms with van der Waals surface area (Å²) >= 11 is 0. The lowest BCUT2D eigenvalue weighted by molar-refractivity contribution is 0.0684. The summed E-state index contributed by atoms with van der Waals surface area (Å²) in [6.45, 7) is 6.92. The van der Waals surface area contributed by atoms with Gasteiger partial charge >= 0.3 is 0 Å². The molecule has 1 unspecified atom stereocenters. The first-order chi connectivity index (χ1) is 12.7. The van der Waals surface area contributed by atoms with Gasteiger partial charge in [0.1, 0.15) is 0 Å². The van der Waals surface area contributed by atoms with Gasteiger partial charge < -0.3 is 10.2 Å². The van der Waals surface area contributed by atoms with Crippen LogP contribution >= 0.6 is 0 Å². The van der Waals surface area contributed by atoms with Gasteiger partial charge in [-0.2, -0.15) is 5.10 Å². The number of hydrogen-bond donors (Lipinski definition) is 1. The first-order valence-corrected chi connectivity index (χ1v) is 9.88. The molecule has 138 valence electrons. The molecule has 1 aliphatic carbocycles. The van der Waals surface area contributed by atoms with Gasteiger partial charge in [0.05, 0.1) is 5.69 Å². The number of nitrogens with zero attached hydrogens (tertiary/aromatic N) is 3. The summed E-state index contributed by atoms with van der Waals surface area (Å²) in [5.74, 6) is 0.115. The molecule has 1 aliphatic heterocycles. The third-order valence-corrected chi connectivity index (χ3v) is 5.61. The summed E-state index contributed by atoms with van der Waals surface area (Å²) in [7, 11) is 0. The van der Waals surface area contributed by atoms with E-state index in [0.717, 1.165) is 57.4 Å². The first-order valence-electron chi connectivity index (χ1n) is 9.88. The van der Waals surface area contributed by atoms with Crippen molar-refractivity contribution in [1.29, 1.82) is 0 Å². The molecule has 1 N–H and O–H groups in total. The van der Waals surface area contributed by atoms with E-state index in [2.05, 4.69) is 48.3 Å². The van der Waals surface area contributed by atoms with E-state index in [4.69, 9.17) is 5.10 Å². The maximum atomic E-state index is 13.4. The lowest BCUT2D eigenvalue weighted by Crippen LogP contribution is -2.42. The average Bonchev–Trinajstić information content (AvgIpc) is 3.37. The molecule has 0 bridgehead atoms. The highest BCUT2D eigenvalue weighted by Gasteiger charge is 2.33. The van der Waals surface area contributed by atoms with Gasteiger partial charge in [0.25, 0.3) is 5.91 Å². The summed E-state index contributed by atoms with van der Waals surface area (Å²) in [5.41, 5.74) is 5.35. The van der Waals surface area contributed by atoms with Crippen molar-refractivity contribution in [3.05, 3.63) is 46.8 Å². The maximum absolute atomic E-state index is 13.4. The largest absolute Gasteiger partial charge is 0.333 e. The second-order valence-corrected chi connectivity index (χ2v) is 7.52. The minimum Gasteiger partial charge on any atom is -0.333 e. The van der Waals surface area contributed by atoms with Crippen LogP contribution in [-0.2, 0) is 12.8 Å². The van der Waals surface area contributed by atoms with E-state index in [9.17, 15) is 4.79 Å². The van der Waals surface area contributed by atoms with Crippen LogP contribution in [0.15, 0.2) is 24.3 Å². The Bertz CT molecular complexity index is 787. The number of fused-ring (bicyclic) bond motifs is 1. The van der Waals surface area contributed by atoms with Crippen molar-refractivity contribution < 1.29 is 4.79 Å². The molecule has 0 spiro atoms. The smallest absolute Gasteiger partial charge is 0.274 e. The van der Waals surface area contributed by atoms with E-state index in [1.807, 2.05) is 4.68 Å². The van der Waals surface area contributed by atoms with E-state index in [-0.39, 0.29) is 5.91 Å². The Labute approximate surface area is 155 Å². The van der Waals surface area contributed by atoms with Gasteiger partial charge in [0.2, 0.25) is 0 Å². The SMILES string of the molecule is CCCN(C(=O)c1nn(-c2ccc(C)cc2)c2c1CCC2)C1CCNC1. The van der Waals surface area contributed by atoms with E-state index in [0.29, 0.717) is 11.7 Å². The molecule has 2 aromatic rings. The van der Waals surface area contributed by atoms with Crippen LogP contribution in [0.4, 0.5) is 0 Å². The van der Waals surface area contributed by atoms with Gasteiger partial charge in [0.15, 0.2) is 5.69 Å². The molecule has 26 heavy (non-hydrogen) atoms. The third kappa shape index (κ3) is 3.05. The van der Waals surface area contributed by atoms with E-state index >= 15 is 0 Å². The van der Waals surface area contributed by atoms with Crippen LogP contribution in [0.5, 0.6) is 0 Å². The van der Waals surface area contributed by atoms with E-state index < -0.39 is 0 Å². The monoisotopic (exact) mass is 352 g/mol. The average molecular weight is 352 g/mol. The third-order valence-electron chi connectivity index (χ3n) is 5.61. The quantitative estimate of drug-likeness (QED) is 0.900. The zero-order chi connectivity index (χ0) is 18.1. The molecule has 2 heterocycles. The van der Waals surface area contributed by atoms with Crippen LogP contribution in [-0.4, -0.2) is 46.3 Å². The number of amides is 1. The molecule has 5 nitrogen and oxygen atoms in total. The molecule has 5 heteroatoms. The fourth-order valence-electron chi connectivity index (χ4n) is 4.24. The predicted octanol–water partition coefficient (Wildman–Crippen LogP) is 2.88. The van der Waals surface area contributed by atoms with Gasteiger partial charge in [-0.1, -0.05) is 24.6 Å². The zero-order valence-electron chi connectivity index (χ0n) is 15.8. The molecule has 1 amide bonds. The number of carbonyl (C=O) groups is 1. The normalized spacial score (nSPS) is 18.9. The minimum absolute atomic E-state index is 0.115. The van der Waals surface area contributed by atoms with Gasteiger partial charge in [-0.15, -0.1) is 0 Å². The number of aromatic nitrogens is 2. The highest BCUT2D eigenvalue weighted by molar-refractivity contribution is 5.94. The number of hydrogen-bond acceptors (Lipinski definition) is 3. The van der Waals surface area contributed by atoms with Crippen molar-refractivity contribution in [2.24, 2.45) is 0 Å². The Morgan fingerprint density at radius 1 is 1.31 bits per heavy atom. The molecule has 1 saturated heterocycles. The van der Waals surface area contributed by atoms with Gasteiger partial charge in [-0.3, -0.25) is 4.79 Å². The number of nitrogens with one attached hydrogen (secondary N) is 1. The molecule has 0 saturated carbocycles. The molecule has 1 aromatic heterocycles. The summed E-state index contributed by atoms with van der Waals surface area (Å²) in [4.78, 5) is 15.5. The Morgan fingerprint density at radius 3 is 2.81 bits per heavy atom. The molecule has 1 aromatic carbocycles. The molecular formula is C21H28N4O. The van der Waals surface area contributed by atoms with Crippen molar-refractivity contribution in [3.63, 3.8) is 0 Å². The molecule has 1 atom stereocenters. The Morgan fingerprint density at radius 2 is 2.12 bits per heavy atom. The fraction of sp³-hybridized carbons (Fsp3) is 0.524. The molecule has 1 fully saturated rings. The van der Waals surface area contributed by atoms with Crippen molar-refractivity contribution in [2.45, 2.75) is 52.0 Å². The molecule has 4 rings (SSSR count). The van der Waals surface area contributed by atoms with Gasteiger partial charge in [-0.25, -0.2) is 4.68 Å². The van der Waals surface area contributed by atoms with Crippen LogP contribution in [0, 0.1) is 6.92 Å². The minimum atomic E-state index is 0.115. The lowest BCUT2D eigenvalue weighted by atomic mass is 10.1. The predicted molar refractivity (Wildman–Crippen MR) is 103 cm³/mol. The van der Waals surface area contributed by atoms with E-state index in [1.54, 1.807) is 0 Å². The first kappa shape index (κ1) is 17.3. The maximum Gasteiger partial charge on any atom is 0.274 e. The van der Waals surface area contributed by atoms with Gasteiger partial charge in [0, 0.05) is 30.4 Å². The van der Waals surface area contributed by atoms with Crippen molar-refractivity contribution in [3.8, 4) is 5.69 Å². The summed E-state index contributed by atoms with van der Waals surface area (Å²) < 4.78 is 2.01. The van der Waals surface area contributed by atoms with Crippen LogP contribution in [0.3, 0.4) is 0 Å².